The summed E-state index contributed by atoms with van der Waals surface area (Å²) in [5, 5.41) is 0. The van der Waals surface area contributed by atoms with Gasteiger partial charge in [-0.3, -0.25) is 4.79 Å². The topological polar surface area (TPSA) is 17.1 Å². The third kappa shape index (κ3) is 3.28. The van der Waals surface area contributed by atoms with Crippen molar-refractivity contribution in [1.82, 2.24) is 0 Å². The highest BCUT2D eigenvalue weighted by atomic mass is 79.9. The Morgan fingerprint density at radius 3 is 2.53 bits per heavy atom. The first-order valence-corrected chi connectivity index (χ1v) is 6.99. The summed E-state index contributed by atoms with van der Waals surface area (Å²) in [7, 11) is 0. The summed E-state index contributed by atoms with van der Waals surface area (Å²) in [6.45, 7) is 0. The van der Waals surface area contributed by atoms with Crippen LogP contribution < -0.4 is 0 Å². The molecule has 0 N–H and O–H groups in total. The van der Waals surface area contributed by atoms with Crippen LogP contribution in [0, 0.1) is 11.6 Å². The Balaban J connectivity index is 2.28. The van der Waals surface area contributed by atoms with Crippen LogP contribution in [0.2, 0.25) is 0 Å². The third-order valence-corrected chi connectivity index (χ3v) is 3.76. The molecule has 19 heavy (non-hydrogen) atoms. The quantitative estimate of drug-likeness (QED) is 0.681. The molecule has 0 saturated heterocycles. The number of Topliss-reactive ketones (excluding diaryl/α,β-unsaturated/α-hetero) is 1. The second kappa shape index (κ2) is 5.92. The van der Waals surface area contributed by atoms with Gasteiger partial charge in [0.05, 0.1) is 0 Å². The minimum atomic E-state index is -0.968. The molecule has 0 aliphatic heterocycles. The number of carbonyl (C=O) groups is 1. The Morgan fingerprint density at radius 2 is 1.84 bits per heavy atom. The first-order valence-electron chi connectivity index (χ1n) is 5.40. The van der Waals surface area contributed by atoms with Gasteiger partial charge in [-0.15, -0.1) is 0 Å². The van der Waals surface area contributed by atoms with Crippen molar-refractivity contribution >= 4 is 37.6 Å². The van der Waals surface area contributed by atoms with Gasteiger partial charge < -0.3 is 0 Å². The summed E-state index contributed by atoms with van der Waals surface area (Å²) < 4.78 is 28.0. The van der Waals surface area contributed by atoms with Crippen molar-refractivity contribution in [2.24, 2.45) is 0 Å². The molecule has 0 spiro atoms. The number of halogens is 4. The molecule has 2 aromatic carbocycles. The first-order chi connectivity index (χ1) is 8.99. The predicted molar refractivity (Wildman–Crippen MR) is 76.2 cm³/mol. The van der Waals surface area contributed by atoms with Crippen LogP contribution in [0.4, 0.5) is 8.78 Å². The second-order valence-corrected chi connectivity index (χ2v) is 5.71. The molecule has 0 fully saturated rings. The first kappa shape index (κ1) is 14.3. The fourth-order valence-corrected chi connectivity index (χ4v) is 2.94. The molecule has 0 saturated carbocycles. The lowest BCUT2D eigenvalue weighted by Crippen LogP contribution is -2.07. The molecular weight excluding hydrogens is 382 g/mol. The molecule has 0 bridgehead atoms. The lowest BCUT2D eigenvalue weighted by molar-refractivity contribution is 0.0991. The van der Waals surface area contributed by atoms with Crippen molar-refractivity contribution in [2.45, 2.75) is 6.42 Å². The number of benzene rings is 2. The van der Waals surface area contributed by atoms with E-state index in [-0.39, 0.29) is 17.8 Å². The van der Waals surface area contributed by atoms with Crippen molar-refractivity contribution in [3.63, 3.8) is 0 Å². The smallest absolute Gasteiger partial charge is 0.168 e. The van der Waals surface area contributed by atoms with E-state index in [0.29, 0.717) is 10.0 Å². The highest BCUT2D eigenvalue weighted by molar-refractivity contribution is 9.11. The van der Waals surface area contributed by atoms with E-state index >= 15 is 0 Å². The number of rotatable bonds is 3. The molecule has 0 aliphatic carbocycles. The third-order valence-electron chi connectivity index (χ3n) is 2.61. The van der Waals surface area contributed by atoms with Crippen LogP contribution in [-0.4, -0.2) is 5.78 Å². The van der Waals surface area contributed by atoms with E-state index in [2.05, 4.69) is 31.9 Å². The van der Waals surface area contributed by atoms with E-state index in [1.165, 1.54) is 12.1 Å². The van der Waals surface area contributed by atoms with Gasteiger partial charge in [0, 0.05) is 20.9 Å². The van der Waals surface area contributed by atoms with Gasteiger partial charge in [0.15, 0.2) is 17.4 Å². The van der Waals surface area contributed by atoms with Crippen LogP contribution in [0.1, 0.15) is 15.9 Å². The second-order valence-electron chi connectivity index (χ2n) is 3.94. The Bertz CT molecular complexity index is 641. The molecule has 2 aromatic rings. The lowest BCUT2D eigenvalue weighted by atomic mass is 10.0. The maximum atomic E-state index is 13.5. The zero-order valence-corrected chi connectivity index (χ0v) is 12.8. The minimum absolute atomic E-state index is 0.0554. The number of carbonyl (C=O) groups excluding carboxylic acids is 1. The van der Waals surface area contributed by atoms with E-state index in [9.17, 15) is 13.6 Å². The van der Waals surface area contributed by atoms with Gasteiger partial charge in [0.1, 0.15) is 0 Å². The highest BCUT2D eigenvalue weighted by Gasteiger charge is 2.15. The van der Waals surface area contributed by atoms with Gasteiger partial charge in [-0.2, -0.15) is 0 Å². The van der Waals surface area contributed by atoms with Crippen LogP contribution in [0.25, 0.3) is 0 Å². The van der Waals surface area contributed by atoms with Gasteiger partial charge >= 0.3 is 0 Å². The van der Waals surface area contributed by atoms with Crippen LogP contribution >= 0.6 is 31.9 Å². The molecule has 0 atom stereocenters. The van der Waals surface area contributed by atoms with Crippen LogP contribution in [0.5, 0.6) is 0 Å². The zero-order chi connectivity index (χ0) is 14.0. The summed E-state index contributed by atoms with van der Waals surface area (Å²) in [5.41, 5.74) is 0.492. The van der Waals surface area contributed by atoms with E-state index < -0.39 is 11.6 Å². The van der Waals surface area contributed by atoms with Crippen molar-refractivity contribution in [3.8, 4) is 0 Å². The molecule has 5 heteroatoms. The maximum absolute atomic E-state index is 13.5. The molecule has 2 rings (SSSR count). The zero-order valence-electron chi connectivity index (χ0n) is 9.59. The SMILES string of the molecule is O=C(Cc1cccc(F)c1F)c1ccc(Br)cc1Br. The van der Waals surface area contributed by atoms with Crippen LogP contribution in [0.15, 0.2) is 45.3 Å². The summed E-state index contributed by atoms with van der Waals surface area (Å²) >= 11 is 6.56. The van der Waals surface area contributed by atoms with Gasteiger partial charge in [0.2, 0.25) is 0 Å². The summed E-state index contributed by atoms with van der Waals surface area (Å²) in [5.74, 6) is -2.19. The summed E-state index contributed by atoms with van der Waals surface area (Å²) in [6, 6.07) is 8.91. The Kier molecular flexibility index (Phi) is 4.47. The molecule has 0 heterocycles. The van der Waals surface area contributed by atoms with Crippen molar-refractivity contribution < 1.29 is 13.6 Å². The van der Waals surface area contributed by atoms with Gasteiger partial charge in [-0.25, -0.2) is 8.78 Å². The molecule has 98 valence electrons. The molecule has 0 aliphatic rings. The van der Waals surface area contributed by atoms with Gasteiger partial charge in [0.25, 0.3) is 0 Å². The van der Waals surface area contributed by atoms with Crippen LogP contribution in [0.3, 0.4) is 0 Å². The van der Waals surface area contributed by atoms with Crippen molar-refractivity contribution in [1.29, 1.82) is 0 Å². The Hall–Kier alpha value is -1.07. The van der Waals surface area contributed by atoms with E-state index in [1.54, 1.807) is 18.2 Å². The van der Waals surface area contributed by atoms with Crippen molar-refractivity contribution in [3.05, 3.63) is 68.1 Å². The van der Waals surface area contributed by atoms with E-state index in [1.807, 2.05) is 0 Å². The number of hydrogen-bond acceptors (Lipinski definition) is 1. The molecule has 1 nitrogen and oxygen atoms in total. The normalized spacial score (nSPS) is 10.5. The minimum Gasteiger partial charge on any atom is -0.294 e. The maximum Gasteiger partial charge on any atom is 0.168 e. The van der Waals surface area contributed by atoms with Gasteiger partial charge in [-0.1, -0.05) is 44.0 Å². The largest absolute Gasteiger partial charge is 0.294 e. The van der Waals surface area contributed by atoms with E-state index in [4.69, 9.17) is 0 Å². The summed E-state index contributed by atoms with van der Waals surface area (Å²) in [6.07, 6.45) is -0.177. The Labute approximate surface area is 125 Å². The van der Waals surface area contributed by atoms with Crippen LogP contribution in [-0.2, 0) is 6.42 Å². The molecule has 0 radical (unpaired) electrons. The highest BCUT2D eigenvalue weighted by Crippen LogP contribution is 2.24. The van der Waals surface area contributed by atoms with Crippen molar-refractivity contribution in [2.75, 3.05) is 0 Å². The monoisotopic (exact) mass is 388 g/mol. The molecular formula is C14H8Br2F2O. The Morgan fingerprint density at radius 1 is 1.11 bits per heavy atom. The van der Waals surface area contributed by atoms with Gasteiger partial charge in [-0.05, 0) is 29.8 Å². The molecule has 0 unspecified atom stereocenters. The predicted octanol–water partition coefficient (Wildman–Crippen LogP) is 4.92. The fraction of sp³-hybridized carbons (Fsp3) is 0.0714. The standard InChI is InChI=1S/C14H8Br2F2O/c15-9-4-5-10(11(16)7-9)13(19)6-8-2-1-3-12(17)14(8)18/h1-5,7H,6H2. The summed E-state index contributed by atoms with van der Waals surface area (Å²) in [4.78, 5) is 12.1. The average Bonchev–Trinajstić information content (AvgIpc) is 2.34. The van der Waals surface area contributed by atoms with E-state index in [0.717, 1.165) is 10.5 Å². The lowest BCUT2D eigenvalue weighted by Gasteiger charge is -2.06. The number of ketones is 1. The fourth-order valence-electron chi connectivity index (χ4n) is 1.67. The average molecular weight is 390 g/mol. The number of hydrogen-bond donors (Lipinski definition) is 0. The molecule has 0 amide bonds. The molecule has 0 aromatic heterocycles.